The largest absolute Gasteiger partial charge is 0.355 e. The van der Waals surface area contributed by atoms with Gasteiger partial charge in [0.1, 0.15) is 18.0 Å². The van der Waals surface area contributed by atoms with Crippen LogP contribution in [0.15, 0.2) is 35.6 Å². The molecule has 9 heteroatoms. The number of carbonyl (C=O) groups excluding carboxylic acids is 1. The zero-order valence-corrected chi connectivity index (χ0v) is 15.7. The van der Waals surface area contributed by atoms with Crippen molar-refractivity contribution in [1.29, 1.82) is 0 Å². The molecule has 3 N–H and O–H groups in total. The Labute approximate surface area is 158 Å². The maximum absolute atomic E-state index is 12.9. The Kier molecular flexibility index (Phi) is 8.21. The van der Waals surface area contributed by atoms with Gasteiger partial charge in [-0.05, 0) is 17.7 Å². The Morgan fingerprint density at radius 1 is 1.15 bits per heavy atom. The lowest BCUT2D eigenvalue weighted by atomic mass is 10.1. The first kappa shape index (κ1) is 20.3. The highest BCUT2D eigenvalue weighted by molar-refractivity contribution is 5.80. The van der Waals surface area contributed by atoms with Crippen molar-refractivity contribution in [2.45, 2.75) is 26.3 Å². The Morgan fingerprint density at radius 2 is 1.85 bits per heavy atom. The molecule has 0 aliphatic rings. The van der Waals surface area contributed by atoms with Crippen LogP contribution in [0.5, 0.6) is 0 Å². The van der Waals surface area contributed by atoms with Gasteiger partial charge in [0.25, 0.3) is 0 Å². The van der Waals surface area contributed by atoms with Crippen LogP contribution in [0.25, 0.3) is 0 Å². The molecule has 1 aromatic carbocycles. The summed E-state index contributed by atoms with van der Waals surface area (Å²) in [5, 5.41) is 17.1. The minimum atomic E-state index is -0.308. The van der Waals surface area contributed by atoms with Gasteiger partial charge >= 0.3 is 0 Å². The van der Waals surface area contributed by atoms with Crippen LogP contribution in [0.2, 0.25) is 0 Å². The molecule has 0 radical (unpaired) electrons. The van der Waals surface area contributed by atoms with Crippen molar-refractivity contribution < 1.29 is 9.18 Å². The zero-order valence-electron chi connectivity index (χ0n) is 15.7. The molecule has 0 aliphatic carbocycles. The first-order valence-electron chi connectivity index (χ1n) is 8.94. The Bertz CT molecular complexity index is 742. The third-order valence-corrected chi connectivity index (χ3v) is 3.90. The number of aliphatic imine (C=N–C) groups is 1. The van der Waals surface area contributed by atoms with E-state index in [1.807, 2.05) is 11.5 Å². The fourth-order valence-electron chi connectivity index (χ4n) is 2.49. The van der Waals surface area contributed by atoms with E-state index in [2.05, 4.69) is 31.1 Å². The second kappa shape index (κ2) is 10.9. The van der Waals surface area contributed by atoms with Gasteiger partial charge in [0, 0.05) is 39.6 Å². The van der Waals surface area contributed by atoms with Crippen LogP contribution in [0.4, 0.5) is 4.39 Å². The van der Waals surface area contributed by atoms with Gasteiger partial charge in [-0.2, -0.15) is 0 Å². The predicted molar refractivity (Wildman–Crippen MR) is 102 cm³/mol. The van der Waals surface area contributed by atoms with Gasteiger partial charge in [0.2, 0.25) is 5.91 Å². The molecule has 2 aromatic rings. The second-order valence-electron chi connectivity index (χ2n) is 5.87. The number of halogens is 1. The number of amides is 1. The average Bonchev–Trinajstić information content (AvgIpc) is 3.13. The number of aromatic nitrogens is 3. The van der Waals surface area contributed by atoms with E-state index in [0.717, 1.165) is 24.4 Å². The first-order valence-corrected chi connectivity index (χ1v) is 8.94. The monoisotopic (exact) mass is 375 g/mol. The summed E-state index contributed by atoms with van der Waals surface area (Å²) in [6.45, 7) is 4.47. The van der Waals surface area contributed by atoms with Crippen LogP contribution in [0.1, 0.15) is 18.3 Å². The van der Waals surface area contributed by atoms with Crippen molar-refractivity contribution in [2.24, 2.45) is 4.99 Å². The summed E-state index contributed by atoms with van der Waals surface area (Å²) >= 11 is 0. The summed E-state index contributed by atoms with van der Waals surface area (Å²) < 4.78 is 14.9. The van der Waals surface area contributed by atoms with E-state index in [9.17, 15) is 9.18 Å². The maximum Gasteiger partial charge on any atom is 0.224 e. The summed E-state index contributed by atoms with van der Waals surface area (Å²) in [5.41, 5.74) is 0.778. The number of hydrogen-bond donors (Lipinski definition) is 3. The predicted octanol–water partition coefficient (Wildman–Crippen LogP) is 0.504. The molecule has 0 atom stereocenters. The quantitative estimate of drug-likeness (QED) is 0.337. The smallest absolute Gasteiger partial charge is 0.224 e. The molecule has 8 nitrogen and oxygen atoms in total. The number of guanidine groups is 1. The van der Waals surface area contributed by atoms with E-state index in [1.165, 1.54) is 12.1 Å². The highest BCUT2D eigenvalue weighted by Crippen LogP contribution is 2.03. The van der Waals surface area contributed by atoms with E-state index in [1.54, 1.807) is 25.5 Å². The normalized spacial score (nSPS) is 11.3. The summed E-state index contributed by atoms with van der Waals surface area (Å²) in [7, 11) is 1.69. The van der Waals surface area contributed by atoms with Gasteiger partial charge in [0.15, 0.2) is 5.96 Å². The van der Waals surface area contributed by atoms with Crippen molar-refractivity contribution in [2.75, 3.05) is 26.7 Å². The summed E-state index contributed by atoms with van der Waals surface area (Å²) in [5.74, 6) is 1.20. The van der Waals surface area contributed by atoms with Gasteiger partial charge in [-0.25, -0.2) is 4.39 Å². The summed E-state index contributed by atoms with van der Waals surface area (Å²) in [6.07, 6.45) is 2.78. The van der Waals surface area contributed by atoms with E-state index < -0.39 is 0 Å². The molecule has 0 aliphatic heterocycles. The van der Waals surface area contributed by atoms with Crippen LogP contribution >= 0.6 is 0 Å². The lowest BCUT2D eigenvalue weighted by Gasteiger charge is -2.13. The van der Waals surface area contributed by atoms with E-state index in [-0.39, 0.29) is 18.1 Å². The number of hydrogen-bond acceptors (Lipinski definition) is 4. The number of rotatable bonds is 9. The maximum atomic E-state index is 12.9. The van der Waals surface area contributed by atoms with E-state index in [4.69, 9.17) is 0 Å². The molecule has 146 valence electrons. The van der Waals surface area contributed by atoms with Gasteiger partial charge in [-0.15, -0.1) is 10.2 Å². The molecule has 0 unspecified atom stereocenters. The average molecular weight is 375 g/mol. The van der Waals surface area contributed by atoms with Crippen LogP contribution in [-0.4, -0.2) is 53.3 Å². The highest BCUT2D eigenvalue weighted by atomic mass is 19.1. The van der Waals surface area contributed by atoms with Crippen LogP contribution in [0, 0.1) is 5.82 Å². The topological polar surface area (TPSA) is 96.2 Å². The summed E-state index contributed by atoms with van der Waals surface area (Å²) in [6, 6.07) is 5.92. The molecule has 1 heterocycles. The van der Waals surface area contributed by atoms with Gasteiger partial charge in [-0.1, -0.05) is 19.1 Å². The van der Waals surface area contributed by atoms with Crippen molar-refractivity contribution in [1.82, 2.24) is 30.7 Å². The van der Waals surface area contributed by atoms with Crippen molar-refractivity contribution in [3.8, 4) is 0 Å². The number of carbonyl (C=O) groups is 1. The fraction of sp³-hybridized carbons (Fsp3) is 0.444. The van der Waals surface area contributed by atoms with E-state index >= 15 is 0 Å². The third kappa shape index (κ3) is 7.04. The molecular weight excluding hydrogens is 349 g/mol. The standard InChI is InChI=1S/C18H26FN7O/c1-3-16-25-24-13-26(16)11-10-23-18(20-2)22-9-8-21-17(27)12-14-4-6-15(19)7-5-14/h4-7,13H,3,8-12H2,1-2H3,(H,21,27)(H2,20,22,23). The number of nitrogens with one attached hydrogen (secondary N) is 3. The van der Waals surface area contributed by atoms with Crippen molar-refractivity contribution >= 4 is 11.9 Å². The zero-order chi connectivity index (χ0) is 19.5. The van der Waals surface area contributed by atoms with Crippen LogP contribution in [0.3, 0.4) is 0 Å². The van der Waals surface area contributed by atoms with Gasteiger partial charge in [0.05, 0.1) is 6.42 Å². The third-order valence-electron chi connectivity index (χ3n) is 3.90. The SMILES string of the molecule is CCc1nncn1CCNC(=NC)NCCNC(=O)Cc1ccc(F)cc1. The molecule has 1 amide bonds. The molecule has 0 fully saturated rings. The van der Waals surface area contributed by atoms with Gasteiger partial charge < -0.3 is 20.5 Å². The Hall–Kier alpha value is -2.97. The molecule has 27 heavy (non-hydrogen) atoms. The molecule has 1 aromatic heterocycles. The molecule has 0 saturated heterocycles. The summed E-state index contributed by atoms with van der Waals surface area (Å²) in [4.78, 5) is 16.0. The van der Waals surface area contributed by atoms with Crippen molar-refractivity contribution in [3.63, 3.8) is 0 Å². The molecule has 2 rings (SSSR count). The second-order valence-corrected chi connectivity index (χ2v) is 5.87. The minimum Gasteiger partial charge on any atom is -0.355 e. The number of aryl methyl sites for hydroxylation is 1. The molecule has 0 bridgehead atoms. The van der Waals surface area contributed by atoms with E-state index in [0.29, 0.717) is 25.6 Å². The van der Waals surface area contributed by atoms with Crippen LogP contribution in [-0.2, 0) is 24.2 Å². The molecule has 0 saturated carbocycles. The number of benzene rings is 1. The lowest BCUT2D eigenvalue weighted by Crippen LogP contribution is -2.42. The molecular formula is C18H26FN7O. The van der Waals surface area contributed by atoms with Crippen molar-refractivity contribution in [3.05, 3.63) is 47.8 Å². The molecule has 0 spiro atoms. The lowest BCUT2D eigenvalue weighted by molar-refractivity contribution is -0.120. The minimum absolute atomic E-state index is 0.106. The highest BCUT2D eigenvalue weighted by Gasteiger charge is 2.04. The fourth-order valence-corrected chi connectivity index (χ4v) is 2.49. The van der Waals surface area contributed by atoms with Crippen LogP contribution < -0.4 is 16.0 Å². The Morgan fingerprint density at radius 3 is 2.56 bits per heavy atom. The first-order chi connectivity index (χ1) is 13.1. The Balaban J connectivity index is 1.61. The number of nitrogens with zero attached hydrogens (tertiary/aromatic N) is 4. The van der Waals surface area contributed by atoms with Gasteiger partial charge in [-0.3, -0.25) is 9.79 Å².